The summed E-state index contributed by atoms with van der Waals surface area (Å²) < 4.78 is 1.74. The maximum Gasteiger partial charge on any atom is 0.240 e. The lowest BCUT2D eigenvalue weighted by Crippen LogP contribution is -2.46. The average Bonchev–Trinajstić information content (AvgIpc) is 2.96. The second-order valence-electron chi connectivity index (χ2n) is 5.44. The van der Waals surface area contributed by atoms with E-state index in [1.807, 2.05) is 12.3 Å². The summed E-state index contributed by atoms with van der Waals surface area (Å²) >= 11 is 0. The third-order valence-corrected chi connectivity index (χ3v) is 4.10. The lowest BCUT2D eigenvalue weighted by Gasteiger charge is -2.37. The van der Waals surface area contributed by atoms with E-state index in [4.69, 9.17) is 5.73 Å². The Labute approximate surface area is 128 Å². The van der Waals surface area contributed by atoms with Crippen LogP contribution in [0, 0.1) is 0 Å². The smallest absolute Gasteiger partial charge is 0.240 e. The maximum absolute atomic E-state index is 5.72. The Morgan fingerprint density at radius 1 is 0.864 bits per heavy atom. The van der Waals surface area contributed by atoms with Crippen LogP contribution in [-0.2, 0) is 0 Å². The van der Waals surface area contributed by atoms with E-state index >= 15 is 0 Å². The van der Waals surface area contributed by atoms with E-state index in [0.29, 0.717) is 5.95 Å². The van der Waals surface area contributed by atoms with E-state index in [1.165, 1.54) is 5.69 Å². The number of nitrogens with two attached hydrogens (primary N) is 1. The molecule has 3 aromatic rings. The summed E-state index contributed by atoms with van der Waals surface area (Å²) in [4.78, 5) is 9.10. The van der Waals surface area contributed by atoms with Crippen LogP contribution in [0.3, 0.4) is 0 Å². The molecule has 0 spiro atoms. The Kier molecular flexibility index (Phi) is 3.07. The van der Waals surface area contributed by atoms with Crippen molar-refractivity contribution >= 4 is 23.0 Å². The van der Waals surface area contributed by atoms with Crippen molar-refractivity contribution in [2.75, 3.05) is 41.7 Å². The summed E-state index contributed by atoms with van der Waals surface area (Å²) in [6.45, 7) is 3.91. The van der Waals surface area contributed by atoms with Crippen LogP contribution in [0.5, 0.6) is 0 Å². The molecule has 0 bridgehead atoms. The van der Waals surface area contributed by atoms with Crippen LogP contribution in [0.2, 0.25) is 0 Å². The van der Waals surface area contributed by atoms with Crippen LogP contribution < -0.4 is 15.5 Å². The van der Waals surface area contributed by atoms with Crippen LogP contribution in [0.15, 0.2) is 48.7 Å². The molecular formula is C16H18N6. The van der Waals surface area contributed by atoms with Crippen molar-refractivity contribution in [1.29, 1.82) is 0 Å². The zero-order valence-electron chi connectivity index (χ0n) is 12.3. The molecule has 1 aliphatic rings. The quantitative estimate of drug-likeness (QED) is 0.778. The highest BCUT2D eigenvalue weighted by molar-refractivity contribution is 5.70. The number of nitrogen functional groups attached to an aromatic ring is 1. The molecule has 112 valence electrons. The number of rotatable bonds is 2. The van der Waals surface area contributed by atoms with E-state index in [9.17, 15) is 0 Å². The molecule has 0 radical (unpaired) electrons. The number of para-hydroxylation sites is 1. The van der Waals surface area contributed by atoms with Gasteiger partial charge in [0.2, 0.25) is 5.95 Å². The molecule has 1 saturated heterocycles. The molecule has 0 amide bonds. The normalized spacial score (nSPS) is 15.5. The fraction of sp³-hybridized carbons (Fsp3) is 0.250. The second-order valence-corrected chi connectivity index (χ2v) is 5.44. The highest BCUT2D eigenvalue weighted by Gasteiger charge is 2.20. The molecule has 1 fully saturated rings. The summed E-state index contributed by atoms with van der Waals surface area (Å²) in [7, 11) is 0. The minimum Gasteiger partial charge on any atom is -0.368 e. The molecule has 1 aromatic carbocycles. The van der Waals surface area contributed by atoms with Crippen LogP contribution >= 0.6 is 0 Å². The van der Waals surface area contributed by atoms with Crippen molar-refractivity contribution in [3.05, 3.63) is 48.7 Å². The molecule has 6 nitrogen and oxygen atoms in total. The van der Waals surface area contributed by atoms with Crippen LogP contribution in [0.4, 0.5) is 17.3 Å². The molecular weight excluding hydrogens is 276 g/mol. The molecule has 0 aliphatic carbocycles. The van der Waals surface area contributed by atoms with Gasteiger partial charge in [-0.1, -0.05) is 18.2 Å². The zero-order chi connectivity index (χ0) is 14.9. The number of hydrogen-bond acceptors (Lipinski definition) is 5. The molecule has 3 heterocycles. The van der Waals surface area contributed by atoms with Gasteiger partial charge in [0.1, 0.15) is 0 Å². The number of nitrogens with zero attached hydrogens (tertiary/aromatic N) is 5. The van der Waals surface area contributed by atoms with Gasteiger partial charge in [-0.2, -0.15) is 4.98 Å². The topological polar surface area (TPSA) is 62.7 Å². The van der Waals surface area contributed by atoms with E-state index in [2.05, 4.69) is 56.3 Å². The number of piperazine rings is 1. The number of pyridine rings is 1. The Hall–Kier alpha value is -2.76. The summed E-state index contributed by atoms with van der Waals surface area (Å²) in [5.74, 6) is 0.315. The third-order valence-electron chi connectivity index (χ3n) is 4.10. The van der Waals surface area contributed by atoms with E-state index in [1.54, 1.807) is 4.52 Å². The van der Waals surface area contributed by atoms with Crippen molar-refractivity contribution < 1.29 is 0 Å². The SMILES string of the molecule is Nc1nc2c(N3CCN(c4ccccc4)CC3)cccn2n1. The Morgan fingerprint density at radius 3 is 2.36 bits per heavy atom. The fourth-order valence-electron chi connectivity index (χ4n) is 3.00. The molecule has 0 unspecified atom stereocenters. The van der Waals surface area contributed by atoms with Crippen molar-refractivity contribution in [2.24, 2.45) is 0 Å². The number of aromatic nitrogens is 3. The standard InChI is InChI=1S/C16H18N6/c17-16-18-15-14(7-4-8-22(15)19-16)21-11-9-20(10-12-21)13-5-2-1-3-6-13/h1-8H,9-12H2,(H2,17,19). The van der Waals surface area contributed by atoms with Gasteiger partial charge in [-0.3, -0.25) is 0 Å². The van der Waals surface area contributed by atoms with Crippen molar-refractivity contribution in [2.45, 2.75) is 0 Å². The van der Waals surface area contributed by atoms with Gasteiger partial charge >= 0.3 is 0 Å². The first kappa shape index (κ1) is 12.9. The molecule has 2 aromatic heterocycles. The summed E-state index contributed by atoms with van der Waals surface area (Å²) in [5.41, 5.74) is 8.93. The van der Waals surface area contributed by atoms with Crippen molar-refractivity contribution in [3.8, 4) is 0 Å². The first-order chi connectivity index (χ1) is 10.8. The predicted molar refractivity (Wildman–Crippen MR) is 88.3 cm³/mol. The van der Waals surface area contributed by atoms with E-state index in [-0.39, 0.29) is 0 Å². The highest BCUT2D eigenvalue weighted by atomic mass is 15.3. The minimum absolute atomic E-state index is 0.315. The minimum atomic E-state index is 0.315. The molecule has 1 aliphatic heterocycles. The van der Waals surface area contributed by atoms with Gasteiger partial charge in [-0.15, -0.1) is 5.10 Å². The molecule has 2 N–H and O–H groups in total. The van der Waals surface area contributed by atoms with Crippen molar-refractivity contribution in [1.82, 2.24) is 14.6 Å². The summed E-state index contributed by atoms with van der Waals surface area (Å²) in [6, 6.07) is 14.6. The maximum atomic E-state index is 5.72. The Morgan fingerprint density at radius 2 is 1.59 bits per heavy atom. The molecule has 22 heavy (non-hydrogen) atoms. The summed E-state index contributed by atoms with van der Waals surface area (Å²) in [6.07, 6.45) is 1.88. The Balaban J connectivity index is 1.56. The van der Waals surface area contributed by atoms with Gasteiger partial charge < -0.3 is 15.5 Å². The van der Waals surface area contributed by atoms with E-state index in [0.717, 1.165) is 37.5 Å². The molecule has 6 heteroatoms. The first-order valence-corrected chi connectivity index (χ1v) is 7.47. The molecule has 0 atom stereocenters. The van der Waals surface area contributed by atoms with E-state index < -0.39 is 0 Å². The van der Waals surface area contributed by atoms with Crippen LogP contribution in [0.25, 0.3) is 5.65 Å². The number of benzene rings is 1. The monoisotopic (exact) mass is 294 g/mol. The van der Waals surface area contributed by atoms with Gasteiger partial charge in [-0.25, -0.2) is 4.52 Å². The lowest BCUT2D eigenvalue weighted by atomic mass is 10.2. The highest BCUT2D eigenvalue weighted by Crippen LogP contribution is 2.23. The lowest BCUT2D eigenvalue weighted by molar-refractivity contribution is 0.653. The van der Waals surface area contributed by atoms with Gasteiger partial charge in [0.05, 0.1) is 5.69 Å². The Bertz CT molecular complexity index is 774. The summed E-state index contributed by atoms with van der Waals surface area (Å²) in [5, 5.41) is 4.18. The second kappa shape index (κ2) is 5.22. The number of hydrogen-bond donors (Lipinski definition) is 1. The number of anilines is 3. The molecule has 4 rings (SSSR count). The third kappa shape index (κ3) is 2.22. The van der Waals surface area contributed by atoms with Gasteiger partial charge in [0, 0.05) is 38.1 Å². The zero-order valence-corrected chi connectivity index (χ0v) is 12.3. The first-order valence-electron chi connectivity index (χ1n) is 7.47. The largest absolute Gasteiger partial charge is 0.368 e. The average molecular weight is 294 g/mol. The van der Waals surface area contributed by atoms with Crippen molar-refractivity contribution in [3.63, 3.8) is 0 Å². The van der Waals surface area contributed by atoms with Gasteiger partial charge in [-0.05, 0) is 24.3 Å². The number of fused-ring (bicyclic) bond motifs is 1. The van der Waals surface area contributed by atoms with Crippen LogP contribution in [-0.4, -0.2) is 40.8 Å². The van der Waals surface area contributed by atoms with Gasteiger partial charge in [0.25, 0.3) is 0 Å². The fourth-order valence-corrected chi connectivity index (χ4v) is 3.00. The predicted octanol–water partition coefficient (Wildman–Crippen LogP) is 1.64. The van der Waals surface area contributed by atoms with Crippen LogP contribution in [0.1, 0.15) is 0 Å². The molecule has 0 saturated carbocycles. The van der Waals surface area contributed by atoms with Gasteiger partial charge in [0.15, 0.2) is 5.65 Å².